The molecule has 2 N–H and O–H groups in total. The lowest BCUT2D eigenvalue weighted by molar-refractivity contribution is -0.115. The van der Waals surface area contributed by atoms with Crippen LogP contribution < -0.4 is 10.6 Å². The van der Waals surface area contributed by atoms with Crippen LogP contribution in [0.3, 0.4) is 0 Å². The second-order valence-electron chi connectivity index (χ2n) is 4.66. The van der Waals surface area contributed by atoms with Gasteiger partial charge in [-0.1, -0.05) is 18.2 Å². The standard InChI is InChI=1S/C16H13N3O3/c20-15(9-18-16(21)12-5-6-22-10-12)19-13-7-11-3-1-2-4-14(11)17-8-13/h1-8,10H,9H2,(H,18,21)(H,19,20). The van der Waals surface area contributed by atoms with Crippen LogP contribution in [0.15, 0.2) is 59.5 Å². The number of pyridine rings is 1. The van der Waals surface area contributed by atoms with Crippen LogP contribution in [0, 0.1) is 0 Å². The molecule has 0 saturated carbocycles. The van der Waals surface area contributed by atoms with Crippen molar-refractivity contribution in [1.29, 1.82) is 0 Å². The van der Waals surface area contributed by atoms with Crippen LogP contribution in [0.4, 0.5) is 5.69 Å². The molecule has 3 rings (SSSR count). The van der Waals surface area contributed by atoms with Gasteiger partial charge in [-0.3, -0.25) is 14.6 Å². The van der Waals surface area contributed by atoms with Crippen LogP contribution in [0.1, 0.15) is 10.4 Å². The van der Waals surface area contributed by atoms with Gasteiger partial charge in [-0.15, -0.1) is 0 Å². The Morgan fingerprint density at radius 2 is 2.05 bits per heavy atom. The number of fused-ring (bicyclic) bond motifs is 1. The van der Waals surface area contributed by atoms with Crippen LogP contribution in [-0.2, 0) is 4.79 Å². The monoisotopic (exact) mass is 295 g/mol. The van der Waals surface area contributed by atoms with Crippen LogP contribution >= 0.6 is 0 Å². The Labute approximate surface area is 126 Å². The average Bonchev–Trinajstić information content (AvgIpc) is 3.07. The lowest BCUT2D eigenvalue weighted by Gasteiger charge is -2.07. The molecule has 2 aromatic heterocycles. The number of carbonyl (C=O) groups is 2. The lowest BCUT2D eigenvalue weighted by atomic mass is 10.2. The van der Waals surface area contributed by atoms with Crippen molar-refractivity contribution < 1.29 is 14.0 Å². The SMILES string of the molecule is O=C(CNC(=O)c1ccoc1)Nc1cnc2ccccc2c1. The van der Waals surface area contributed by atoms with E-state index in [4.69, 9.17) is 4.42 Å². The Morgan fingerprint density at radius 3 is 2.86 bits per heavy atom. The number of hydrogen-bond donors (Lipinski definition) is 2. The zero-order valence-electron chi connectivity index (χ0n) is 11.6. The highest BCUT2D eigenvalue weighted by Gasteiger charge is 2.09. The van der Waals surface area contributed by atoms with Crippen LogP contribution in [0.2, 0.25) is 0 Å². The fourth-order valence-electron chi connectivity index (χ4n) is 2.00. The largest absolute Gasteiger partial charge is 0.472 e. The van der Waals surface area contributed by atoms with Gasteiger partial charge in [-0.25, -0.2) is 0 Å². The van der Waals surface area contributed by atoms with E-state index in [1.54, 1.807) is 6.20 Å². The Bertz CT molecular complexity index is 812. The molecular weight excluding hydrogens is 282 g/mol. The number of benzene rings is 1. The molecule has 0 fully saturated rings. The smallest absolute Gasteiger partial charge is 0.254 e. The van der Waals surface area contributed by atoms with E-state index in [-0.39, 0.29) is 18.4 Å². The number of aromatic nitrogens is 1. The van der Waals surface area contributed by atoms with E-state index in [1.165, 1.54) is 18.6 Å². The zero-order valence-corrected chi connectivity index (χ0v) is 11.6. The first-order valence-corrected chi connectivity index (χ1v) is 6.67. The van der Waals surface area contributed by atoms with Crippen LogP contribution in [0.25, 0.3) is 10.9 Å². The zero-order chi connectivity index (χ0) is 15.4. The van der Waals surface area contributed by atoms with Crippen molar-refractivity contribution in [3.8, 4) is 0 Å². The molecule has 0 aliphatic carbocycles. The Hall–Kier alpha value is -3.15. The number of carbonyl (C=O) groups excluding carboxylic acids is 2. The predicted octanol–water partition coefficient (Wildman–Crippen LogP) is 2.20. The molecule has 0 unspecified atom stereocenters. The summed E-state index contributed by atoms with van der Waals surface area (Å²) in [5.41, 5.74) is 1.81. The Kier molecular flexibility index (Phi) is 3.82. The van der Waals surface area contributed by atoms with E-state index in [9.17, 15) is 9.59 Å². The summed E-state index contributed by atoms with van der Waals surface area (Å²) in [7, 11) is 0. The Morgan fingerprint density at radius 1 is 1.18 bits per heavy atom. The molecule has 3 aromatic rings. The van der Waals surface area contributed by atoms with Gasteiger partial charge in [0, 0.05) is 5.39 Å². The molecule has 6 heteroatoms. The number of amides is 2. The first-order valence-electron chi connectivity index (χ1n) is 6.67. The van der Waals surface area contributed by atoms with Gasteiger partial charge in [0.1, 0.15) is 6.26 Å². The summed E-state index contributed by atoms with van der Waals surface area (Å²) in [5, 5.41) is 6.14. The maximum Gasteiger partial charge on any atom is 0.254 e. The van der Waals surface area contributed by atoms with Crippen LogP contribution in [-0.4, -0.2) is 23.3 Å². The van der Waals surface area contributed by atoms with Gasteiger partial charge in [0.2, 0.25) is 5.91 Å². The molecule has 0 saturated heterocycles. The third-order valence-electron chi connectivity index (χ3n) is 3.07. The topological polar surface area (TPSA) is 84.2 Å². The molecule has 1 aromatic carbocycles. The van der Waals surface area contributed by atoms with Crippen molar-refractivity contribution in [2.24, 2.45) is 0 Å². The first kappa shape index (κ1) is 13.8. The van der Waals surface area contributed by atoms with E-state index in [1.807, 2.05) is 30.3 Å². The number of hydrogen-bond acceptors (Lipinski definition) is 4. The maximum atomic E-state index is 11.8. The summed E-state index contributed by atoms with van der Waals surface area (Å²) in [6.45, 7) is -0.128. The van der Waals surface area contributed by atoms with Crippen LogP contribution in [0.5, 0.6) is 0 Å². The van der Waals surface area contributed by atoms with Crippen molar-refractivity contribution in [2.75, 3.05) is 11.9 Å². The normalized spacial score (nSPS) is 10.4. The number of para-hydroxylation sites is 1. The molecule has 110 valence electrons. The molecule has 0 bridgehead atoms. The number of nitrogens with one attached hydrogen (secondary N) is 2. The predicted molar refractivity (Wildman–Crippen MR) is 81.4 cm³/mol. The minimum absolute atomic E-state index is 0.128. The fraction of sp³-hybridized carbons (Fsp3) is 0.0625. The molecule has 0 aliphatic heterocycles. The minimum Gasteiger partial charge on any atom is -0.472 e. The van der Waals surface area contributed by atoms with E-state index >= 15 is 0 Å². The lowest BCUT2D eigenvalue weighted by Crippen LogP contribution is -2.32. The number of anilines is 1. The molecule has 0 aliphatic rings. The molecule has 0 radical (unpaired) electrons. The third kappa shape index (κ3) is 3.12. The molecule has 0 spiro atoms. The van der Waals surface area contributed by atoms with E-state index in [0.717, 1.165) is 10.9 Å². The van der Waals surface area contributed by atoms with E-state index in [0.29, 0.717) is 11.3 Å². The van der Waals surface area contributed by atoms with Gasteiger partial charge in [-0.2, -0.15) is 0 Å². The van der Waals surface area contributed by atoms with Gasteiger partial charge in [0.05, 0.1) is 35.8 Å². The highest BCUT2D eigenvalue weighted by molar-refractivity contribution is 5.99. The second-order valence-corrected chi connectivity index (χ2v) is 4.66. The summed E-state index contributed by atoms with van der Waals surface area (Å²) in [6, 6.07) is 11.0. The van der Waals surface area contributed by atoms with Crippen molar-refractivity contribution in [1.82, 2.24) is 10.3 Å². The molecular formula is C16H13N3O3. The Balaban J connectivity index is 1.59. The summed E-state index contributed by atoms with van der Waals surface area (Å²) < 4.78 is 4.81. The summed E-state index contributed by atoms with van der Waals surface area (Å²) in [5.74, 6) is -0.686. The molecule has 22 heavy (non-hydrogen) atoms. The quantitative estimate of drug-likeness (QED) is 0.772. The number of rotatable bonds is 4. The number of furan rings is 1. The van der Waals surface area contributed by atoms with Crippen molar-refractivity contribution in [2.45, 2.75) is 0 Å². The molecule has 2 heterocycles. The summed E-state index contributed by atoms with van der Waals surface area (Å²) in [6.07, 6.45) is 4.30. The maximum absolute atomic E-state index is 11.8. The summed E-state index contributed by atoms with van der Waals surface area (Å²) in [4.78, 5) is 27.8. The molecule has 2 amide bonds. The van der Waals surface area contributed by atoms with Crippen molar-refractivity contribution in [3.63, 3.8) is 0 Å². The molecule has 0 atom stereocenters. The fourth-order valence-corrected chi connectivity index (χ4v) is 2.00. The van der Waals surface area contributed by atoms with Gasteiger partial charge >= 0.3 is 0 Å². The van der Waals surface area contributed by atoms with Crippen molar-refractivity contribution >= 4 is 28.4 Å². The minimum atomic E-state index is -0.361. The highest BCUT2D eigenvalue weighted by Crippen LogP contribution is 2.15. The third-order valence-corrected chi connectivity index (χ3v) is 3.07. The molecule has 6 nitrogen and oxygen atoms in total. The van der Waals surface area contributed by atoms with Gasteiger partial charge < -0.3 is 15.1 Å². The van der Waals surface area contributed by atoms with Crippen molar-refractivity contribution in [3.05, 3.63) is 60.7 Å². The van der Waals surface area contributed by atoms with Gasteiger partial charge in [-0.05, 0) is 18.2 Å². The summed E-state index contributed by atoms with van der Waals surface area (Å²) >= 11 is 0. The second kappa shape index (κ2) is 6.09. The van der Waals surface area contributed by atoms with Gasteiger partial charge in [0.15, 0.2) is 0 Å². The highest BCUT2D eigenvalue weighted by atomic mass is 16.3. The van der Waals surface area contributed by atoms with E-state index < -0.39 is 0 Å². The van der Waals surface area contributed by atoms with E-state index in [2.05, 4.69) is 15.6 Å². The number of nitrogens with zero attached hydrogens (tertiary/aromatic N) is 1. The first-order chi connectivity index (χ1) is 10.7. The average molecular weight is 295 g/mol. The van der Waals surface area contributed by atoms with Gasteiger partial charge in [0.25, 0.3) is 5.91 Å².